The van der Waals surface area contributed by atoms with Crippen LogP contribution in [0.3, 0.4) is 0 Å². The van der Waals surface area contributed by atoms with E-state index in [1.165, 1.54) is 24.1 Å². The average Bonchev–Trinajstić information content (AvgIpc) is 2.28. The van der Waals surface area contributed by atoms with Gasteiger partial charge in [-0.05, 0) is 31.2 Å². The van der Waals surface area contributed by atoms with Gasteiger partial charge in [-0.3, -0.25) is 0 Å². The van der Waals surface area contributed by atoms with Crippen molar-refractivity contribution in [3.05, 3.63) is 29.1 Å². The van der Waals surface area contributed by atoms with Crippen LogP contribution in [0.1, 0.15) is 18.1 Å². The summed E-state index contributed by atoms with van der Waals surface area (Å²) in [6.45, 7) is 4.54. The Bertz CT molecular complexity index is 544. The summed E-state index contributed by atoms with van der Waals surface area (Å²) >= 11 is 0. The second kappa shape index (κ2) is 6.42. The first-order valence-corrected chi connectivity index (χ1v) is 7.45. The lowest BCUT2D eigenvalue weighted by molar-refractivity contribution is 0.363. The van der Waals surface area contributed by atoms with Crippen LogP contribution >= 0.6 is 0 Å². The molecule has 0 aliphatic rings. The predicted molar refractivity (Wildman–Crippen MR) is 72.5 cm³/mol. The van der Waals surface area contributed by atoms with E-state index in [-0.39, 0.29) is 10.5 Å². The van der Waals surface area contributed by atoms with Crippen LogP contribution in [0, 0.1) is 12.7 Å². The Labute approximate surface area is 113 Å². The van der Waals surface area contributed by atoms with E-state index in [9.17, 15) is 12.8 Å². The van der Waals surface area contributed by atoms with Crippen LogP contribution in [-0.2, 0) is 16.6 Å². The highest BCUT2D eigenvalue weighted by Crippen LogP contribution is 2.20. The first-order chi connectivity index (χ1) is 8.77. The van der Waals surface area contributed by atoms with E-state index in [0.29, 0.717) is 12.1 Å². The van der Waals surface area contributed by atoms with E-state index in [1.54, 1.807) is 14.1 Å². The van der Waals surface area contributed by atoms with E-state index in [0.717, 1.165) is 6.54 Å². The van der Waals surface area contributed by atoms with Gasteiger partial charge in [-0.25, -0.2) is 17.8 Å². The number of hydrogen-bond acceptors (Lipinski definition) is 4. The Morgan fingerprint density at radius 2 is 1.95 bits per heavy atom. The maximum absolute atomic E-state index is 13.8. The number of hydrogen-bond donors (Lipinski definition) is 2. The van der Waals surface area contributed by atoms with Crippen LogP contribution in [0.2, 0.25) is 0 Å². The molecule has 2 N–H and O–H groups in total. The minimum absolute atomic E-state index is 0.0332. The molecule has 19 heavy (non-hydrogen) atoms. The Morgan fingerprint density at radius 3 is 2.47 bits per heavy atom. The molecule has 0 heterocycles. The first kappa shape index (κ1) is 16.0. The van der Waals surface area contributed by atoms with Gasteiger partial charge in [0, 0.05) is 26.2 Å². The van der Waals surface area contributed by atoms with Crippen molar-refractivity contribution in [1.82, 2.24) is 15.2 Å². The molecule has 0 amide bonds. The van der Waals surface area contributed by atoms with Crippen LogP contribution < -0.4 is 10.1 Å². The summed E-state index contributed by atoms with van der Waals surface area (Å²) < 4.78 is 38.0. The lowest BCUT2D eigenvalue weighted by atomic mass is 10.1. The standard InChI is InChI=1S/C12H20FN3O2S/c1-5-14-8-10-6-11(13)9(2)12(7-10)19(17,18)15-16(3)4/h6-7,14-15H,5,8H2,1-4H3. The fraction of sp³-hybridized carbons (Fsp3) is 0.500. The molecule has 1 aromatic carbocycles. The largest absolute Gasteiger partial charge is 0.313 e. The Hall–Kier alpha value is -1.02. The number of benzene rings is 1. The Kier molecular flexibility index (Phi) is 5.42. The number of nitrogens with zero attached hydrogens (tertiary/aromatic N) is 1. The summed E-state index contributed by atoms with van der Waals surface area (Å²) in [6, 6.07) is 2.85. The molecule has 0 spiro atoms. The molecule has 0 aliphatic heterocycles. The number of halogens is 1. The van der Waals surface area contributed by atoms with E-state index >= 15 is 0 Å². The minimum Gasteiger partial charge on any atom is -0.313 e. The van der Waals surface area contributed by atoms with Gasteiger partial charge < -0.3 is 5.32 Å². The zero-order valence-electron chi connectivity index (χ0n) is 11.6. The number of rotatable bonds is 6. The van der Waals surface area contributed by atoms with Gasteiger partial charge in [0.25, 0.3) is 10.0 Å². The zero-order valence-corrected chi connectivity index (χ0v) is 12.4. The van der Waals surface area contributed by atoms with Gasteiger partial charge in [0.15, 0.2) is 0 Å². The van der Waals surface area contributed by atoms with Crippen molar-refractivity contribution < 1.29 is 12.8 Å². The quantitative estimate of drug-likeness (QED) is 0.767. The number of sulfonamides is 1. The molecule has 7 heteroatoms. The molecule has 0 saturated heterocycles. The predicted octanol–water partition coefficient (Wildman–Crippen LogP) is 0.999. The summed E-state index contributed by atoms with van der Waals surface area (Å²) in [5.41, 5.74) is 0.721. The molecular weight excluding hydrogens is 269 g/mol. The van der Waals surface area contributed by atoms with Gasteiger partial charge in [-0.15, -0.1) is 4.83 Å². The molecule has 108 valence electrons. The second-order valence-corrected chi connectivity index (χ2v) is 6.10. The summed E-state index contributed by atoms with van der Waals surface area (Å²) in [5, 5.41) is 4.35. The van der Waals surface area contributed by atoms with E-state index < -0.39 is 15.8 Å². The lowest BCUT2D eigenvalue weighted by Gasteiger charge is -2.15. The van der Waals surface area contributed by atoms with Crippen molar-refractivity contribution in [2.45, 2.75) is 25.3 Å². The Balaban J connectivity index is 3.22. The van der Waals surface area contributed by atoms with Crippen molar-refractivity contribution in [1.29, 1.82) is 0 Å². The van der Waals surface area contributed by atoms with E-state index in [1.807, 2.05) is 6.92 Å². The second-order valence-electron chi connectivity index (χ2n) is 4.47. The SMILES string of the molecule is CCNCc1cc(F)c(C)c(S(=O)(=O)NN(C)C)c1. The third-order valence-electron chi connectivity index (χ3n) is 2.53. The summed E-state index contributed by atoms with van der Waals surface area (Å²) in [4.78, 5) is 2.27. The van der Waals surface area contributed by atoms with Crippen molar-refractivity contribution in [3.8, 4) is 0 Å². The Morgan fingerprint density at radius 1 is 1.32 bits per heavy atom. The summed E-state index contributed by atoms with van der Waals surface area (Å²) in [7, 11) is -0.630. The van der Waals surface area contributed by atoms with E-state index in [4.69, 9.17) is 0 Å². The van der Waals surface area contributed by atoms with Crippen LogP contribution in [0.25, 0.3) is 0 Å². The van der Waals surface area contributed by atoms with Crippen LogP contribution in [0.5, 0.6) is 0 Å². The molecule has 0 bridgehead atoms. The fourth-order valence-electron chi connectivity index (χ4n) is 1.65. The van der Waals surface area contributed by atoms with Crippen LogP contribution in [0.15, 0.2) is 17.0 Å². The maximum atomic E-state index is 13.8. The summed E-state index contributed by atoms with van der Waals surface area (Å²) in [5.74, 6) is -0.519. The molecule has 0 saturated carbocycles. The van der Waals surface area contributed by atoms with Crippen molar-refractivity contribution in [2.75, 3.05) is 20.6 Å². The highest BCUT2D eigenvalue weighted by atomic mass is 32.2. The molecule has 5 nitrogen and oxygen atoms in total. The molecule has 0 unspecified atom stereocenters. The van der Waals surface area contributed by atoms with Crippen molar-refractivity contribution >= 4 is 10.0 Å². The molecule has 1 rings (SSSR count). The average molecular weight is 289 g/mol. The monoisotopic (exact) mass is 289 g/mol. The molecule has 0 aromatic heterocycles. The van der Waals surface area contributed by atoms with E-state index in [2.05, 4.69) is 10.1 Å². The van der Waals surface area contributed by atoms with Gasteiger partial charge in [0.1, 0.15) is 5.82 Å². The molecule has 0 radical (unpaired) electrons. The lowest BCUT2D eigenvalue weighted by Crippen LogP contribution is -2.36. The summed E-state index contributed by atoms with van der Waals surface area (Å²) in [6.07, 6.45) is 0. The smallest absolute Gasteiger partial charge is 0.253 e. The molecule has 0 atom stereocenters. The topological polar surface area (TPSA) is 61.4 Å². The highest BCUT2D eigenvalue weighted by Gasteiger charge is 2.20. The van der Waals surface area contributed by atoms with Gasteiger partial charge in [-0.1, -0.05) is 6.92 Å². The van der Waals surface area contributed by atoms with Crippen molar-refractivity contribution in [3.63, 3.8) is 0 Å². The highest BCUT2D eigenvalue weighted by molar-refractivity contribution is 7.89. The molecular formula is C12H20FN3O2S. The molecule has 1 aromatic rings. The van der Waals surface area contributed by atoms with Gasteiger partial charge in [0.2, 0.25) is 0 Å². The maximum Gasteiger partial charge on any atom is 0.253 e. The molecule has 0 aliphatic carbocycles. The zero-order chi connectivity index (χ0) is 14.6. The normalized spacial score (nSPS) is 12.1. The molecule has 0 fully saturated rings. The minimum atomic E-state index is -3.75. The number of hydrazine groups is 1. The first-order valence-electron chi connectivity index (χ1n) is 5.97. The van der Waals surface area contributed by atoms with Gasteiger partial charge >= 0.3 is 0 Å². The number of nitrogens with one attached hydrogen (secondary N) is 2. The van der Waals surface area contributed by atoms with Crippen LogP contribution in [-0.4, -0.2) is 34.1 Å². The third-order valence-corrected chi connectivity index (χ3v) is 4.14. The van der Waals surface area contributed by atoms with Crippen LogP contribution in [0.4, 0.5) is 4.39 Å². The third kappa shape index (κ3) is 4.24. The fourth-order valence-corrected chi connectivity index (χ4v) is 3.03. The van der Waals surface area contributed by atoms with Gasteiger partial charge in [0.05, 0.1) is 4.90 Å². The van der Waals surface area contributed by atoms with Gasteiger partial charge in [-0.2, -0.15) is 0 Å². The van der Waals surface area contributed by atoms with Crippen molar-refractivity contribution in [2.24, 2.45) is 0 Å².